The molecule has 2 aromatic carbocycles. The SMILES string of the molecule is CN(c1ccc(OCC(=O)N2CCOCC2)cc1)S(=O)(=O)c1ccccc1. The van der Waals surface area contributed by atoms with Crippen molar-refractivity contribution in [2.24, 2.45) is 0 Å². The van der Waals surface area contributed by atoms with E-state index in [-0.39, 0.29) is 17.4 Å². The van der Waals surface area contributed by atoms with Crippen LogP contribution < -0.4 is 9.04 Å². The summed E-state index contributed by atoms with van der Waals surface area (Å²) in [6, 6.07) is 14.8. The Labute approximate surface area is 159 Å². The van der Waals surface area contributed by atoms with Gasteiger partial charge in [-0.3, -0.25) is 9.10 Å². The number of carbonyl (C=O) groups is 1. The lowest BCUT2D eigenvalue weighted by molar-refractivity contribution is -0.137. The summed E-state index contributed by atoms with van der Waals surface area (Å²) in [6.07, 6.45) is 0. The zero-order valence-electron chi connectivity index (χ0n) is 15.1. The molecule has 1 fully saturated rings. The zero-order chi connectivity index (χ0) is 19.3. The first-order chi connectivity index (χ1) is 13.0. The topological polar surface area (TPSA) is 76.2 Å². The van der Waals surface area contributed by atoms with Crippen molar-refractivity contribution in [3.63, 3.8) is 0 Å². The summed E-state index contributed by atoms with van der Waals surface area (Å²) in [7, 11) is -2.13. The first-order valence-corrected chi connectivity index (χ1v) is 10.0. The molecule has 1 aliphatic rings. The van der Waals surface area contributed by atoms with Crippen molar-refractivity contribution in [3.8, 4) is 5.75 Å². The van der Waals surface area contributed by atoms with Gasteiger partial charge in [0.25, 0.3) is 15.9 Å². The summed E-state index contributed by atoms with van der Waals surface area (Å²) in [6.45, 7) is 2.18. The fourth-order valence-electron chi connectivity index (χ4n) is 2.69. The minimum absolute atomic E-state index is 0.0580. The van der Waals surface area contributed by atoms with Crippen molar-refractivity contribution < 1.29 is 22.7 Å². The number of anilines is 1. The smallest absolute Gasteiger partial charge is 0.264 e. The summed E-state index contributed by atoms with van der Waals surface area (Å²) < 4.78 is 37.2. The molecule has 0 bridgehead atoms. The largest absolute Gasteiger partial charge is 0.484 e. The van der Waals surface area contributed by atoms with Gasteiger partial charge in [-0.2, -0.15) is 0 Å². The first-order valence-electron chi connectivity index (χ1n) is 8.61. The molecule has 7 nitrogen and oxygen atoms in total. The standard InChI is InChI=1S/C19H22N2O5S/c1-20(27(23,24)18-5-3-2-4-6-18)16-7-9-17(10-8-16)26-15-19(22)21-11-13-25-14-12-21/h2-10H,11-15H2,1H3. The average Bonchev–Trinajstić information content (AvgIpc) is 2.73. The quantitative estimate of drug-likeness (QED) is 0.751. The minimum Gasteiger partial charge on any atom is -0.484 e. The molecule has 0 N–H and O–H groups in total. The minimum atomic E-state index is -3.63. The molecule has 0 atom stereocenters. The molecule has 3 rings (SSSR count). The number of morpholine rings is 1. The fourth-order valence-corrected chi connectivity index (χ4v) is 3.91. The molecular formula is C19H22N2O5S. The van der Waals surface area contributed by atoms with Gasteiger partial charge in [0.2, 0.25) is 0 Å². The zero-order valence-corrected chi connectivity index (χ0v) is 15.9. The number of benzene rings is 2. The summed E-state index contributed by atoms with van der Waals surface area (Å²) in [5.74, 6) is 0.414. The Morgan fingerprint density at radius 3 is 2.33 bits per heavy atom. The Morgan fingerprint density at radius 1 is 1.07 bits per heavy atom. The third-order valence-electron chi connectivity index (χ3n) is 4.33. The lowest BCUT2D eigenvalue weighted by Gasteiger charge is -2.26. The van der Waals surface area contributed by atoms with E-state index < -0.39 is 10.0 Å². The van der Waals surface area contributed by atoms with Crippen molar-refractivity contribution in [1.29, 1.82) is 0 Å². The summed E-state index contributed by atoms with van der Waals surface area (Å²) >= 11 is 0. The molecule has 2 aromatic rings. The molecule has 144 valence electrons. The Balaban J connectivity index is 1.62. The van der Waals surface area contributed by atoms with E-state index in [4.69, 9.17) is 9.47 Å². The van der Waals surface area contributed by atoms with Crippen molar-refractivity contribution >= 4 is 21.6 Å². The van der Waals surface area contributed by atoms with Gasteiger partial charge in [0.15, 0.2) is 6.61 Å². The molecule has 0 saturated carbocycles. The van der Waals surface area contributed by atoms with E-state index >= 15 is 0 Å². The maximum atomic E-state index is 12.6. The molecule has 0 aromatic heterocycles. The summed E-state index contributed by atoms with van der Waals surface area (Å²) in [5, 5.41) is 0. The number of hydrogen-bond acceptors (Lipinski definition) is 5. The van der Waals surface area contributed by atoms with Gasteiger partial charge < -0.3 is 14.4 Å². The molecule has 1 saturated heterocycles. The average molecular weight is 390 g/mol. The van der Waals surface area contributed by atoms with Crippen LogP contribution in [0.5, 0.6) is 5.75 Å². The van der Waals surface area contributed by atoms with E-state index in [2.05, 4.69) is 0 Å². The number of rotatable bonds is 6. The van der Waals surface area contributed by atoms with Crippen LogP contribution in [0.15, 0.2) is 59.5 Å². The van der Waals surface area contributed by atoms with Gasteiger partial charge in [0.1, 0.15) is 5.75 Å². The number of nitrogens with zero attached hydrogens (tertiary/aromatic N) is 2. The van der Waals surface area contributed by atoms with E-state index in [1.54, 1.807) is 59.5 Å². The normalized spacial score (nSPS) is 14.6. The van der Waals surface area contributed by atoms with Crippen LogP contribution in [-0.2, 0) is 19.6 Å². The van der Waals surface area contributed by atoms with Crippen LogP contribution in [0.3, 0.4) is 0 Å². The number of amides is 1. The molecule has 0 unspecified atom stereocenters. The Hall–Kier alpha value is -2.58. The molecule has 1 heterocycles. The van der Waals surface area contributed by atoms with Crippen LogP contribution in [0, 0.1) is 0 Å². The Morgan fingerprint density at radius 2 is 1.70 bits per heavy atom. The molecule has 8 heteroatoms. The molecule has 0 radical (unpaired) electrons. The van der Waals surface area contributed by atoms with E-state index in [1.807, 2.05) is 0 Å². The maximum absolute atomic E-state index is 12.6. The third kappa shape index (κ3) is 4.58. The summed E-state index contributed by atoms with van der Waals surface area (Å²) in [5.41, 5.74) is 0.505. The second kappa shape index (κ2) is 8.41. The predicted molar refractivity (Wildman–Crippen MR) is 101 cm³/mol. The van der Waals surface area contributed by atoms with Crippen LogP contribution in [-0.4, -0.2) is 59.2 Å². The van der Waals surface area contributed by atoms with Gasteiger partial charge in [-0.15, -0.1) is 0 Å². The number of sulfonamides is 1. The molecule has 1 amide bonds. The highest BCUT2D eigenvalue weighted by Crippen LogP contribution is 2.24. The molecular weight excluding hydrogens is 368 g/mol. The van der Waals surface area contributed by atoms with Gasteiger partial charge in [-0.1, -0.05) is 18.2 Å². The number of ether oxygens (including phenoxy) is 2. The van der Waals surface area contributed by atoms with Gasteiger partial charge in [0, 0.05) is 20.1 Å². The van der Waals surface area contributed by atoms with Gasteiger partial charge >= 0.3 is 0 Å². The maximum Gasteiger partial charge on any atom is 0.264 e. The van der Waals surface area contributed by atoms with Gasteiger partial charge in [-0.05, 0) is 36.4 Å². The fraction of sp³-hybridized carbons (Fsp3) is 0.316. The van der Waals surface area contributed by atoms with E-state index in [0.717, 1.165) is 0 Å². The molecule has 0 aliphatic carbocycles. The molecule has 0 spiro atoms. The van der Waals surface area contributed by atoms with E-state index in [1.165, 1.54) is 11.4 Å². The summed E-state index contributed by atoms with van der Waals surface area (Å²) in [4.78, 5) is 14.0. The lowest BCUT2D eigenvalue weighted by Crippen LogP contribution is -2.42. The second-order valence-corrected chi connectivity index (χ2v) is 8.03. The van der Waals surface area contributed by atoms with Crippen molar-refractivity contribution in [2.45, 2.75) is 4.90 Å². The monoisotopic (exact) mass is 390 g/mol. The predicted octanol–water partition coefficient (Wildman–Crippen LogP) is 1.75. The lowest BCUT2D eigenvalue weighted by atomic mass is 10.3. The highest BCUT2D eigenvalue weighted by atomic mass is 32.2. The van der Waals surface area contributed by atoms with Crippen molar-refractivity contribution in [2.75, 3.05) is 44.3 Å². The van der Waals surface area contributed by atoms with E-state index in [9.17, 15) is 13.2 Å². The second-order valence-electron chi connectivity index (χ2n) is 6.06. The highest BCUT2D eigenvalue weighted by Gasteiger charge is 2.21. The number of hydrogen-bond donors (Lipinski definition) is 0. The van der Waals surface area contributed by atoms with Crippen LogP contribution in [0.4, 0.5) is 5.69 Å². The van der Waals surface area contributed by atoms with Crippen molar-refractivity contribution in [3.05, 3.63) is 54.6 Å². The number of carbonyl (C=O) groups excluding carboxylic acids is 1. The van der Waals surface area contributed by atoms with Gasteiger partial charge in [-0.25, -0.2) is 8.42 Å². The Bertz CT molecular complexity index is 863. The van der Waals surface area contributed by atoms with E-state index in [0.29, 0.717) is 37.7 Å². The highest BCUT2D eigenvalue weighted by molar-refractivity contribution is 7.92. The van der Waals surface area contributed by atoms with Crippen LogP contribution in [0.25, 0.3) is 0 Å². The van der Waals surface area contributed by atoms with Crippen molar-refractivity contribution in [1.82, 2.24) is 4.90 Å². The van der Waals surface area contributed by atoms with Crippen LogP contribution >= 0.6 is 0 Å². The molecule has 1 aliphatic heterocycles. The molecule has 27 heavy (non-hydrogen) atoms. The van der Waals surface area contributed by atoms with Crippen LogP contribution in [0.1, 0.15) is 0 Å². The third-order valence-corrected chi connectivity index (χ3v) is 6.13. The van der Waals surface area contributed by atoms with Gasteiger partial charge in [0.05, 0.1) is 23.8 Å². The Kier molecular flexibility index (Phi) is 5.98. The first kappa shape index (κ1) is 19.2. The van der Waals surface area contributed by atoms with Crippen LogP contribution in [0.2, 0.25) is 0 Å².